The van der Waals surface area contributed by atoms with Crippen molar-refractivity contribution in [1.82, 2.24) is 20.4 Å². The average molecular weight is 561 g/mol. The van der Waals surface area contributed by atoms with Crippen LogP contribution in [0.3, 0.4) is 0 Å². The largest absolute Gasteiger partial charge is 0.422 e. The van der Waals surface area contributed by atoms with Crippen LogP contribution in [0.2, 0.25) is 0 Å². The van der Waals surface area contributed by atoms with Crippen molar-refractivity contribution in [1.29, 1.82) is 0 Å². The van der Waals surface area contributed by atoms with E-state index in [9.17, 15) is 14.4 Å². The highest BCUT2D eigenvalue weighted by molar-refractivity contribution is 6.05. The summed E-state index contributed by atoms with van der Waals surface area (Å²) in [5, 5.41) is 11.1. The molecule has 42 heavy (non-hydrogen) atoms. The molecule has 1 atom stereocenters. The number of hydrogen-bond donors (Lipinski definition) is 2. The molecule has 2 amide bonds. The summed E-state index contributed by atoms with van der Waals surface area (Å²) in [4.78, 5) is 39.8. The van der Waals surface area contributed by atoms with Gasteiger partial charge in [0.1, 0.15) is 17.0 Å². The molecular weight excluding hydrogens is 532 g/mol. The maximum absolute atomic E-state index is 13.5. The Bertz CT molecular complexity index is 1820. The Morgan fingerprint density at radius 2 is 1.71 bits per heavy atom. The number of carbonyl (C=O) groups is 2. The van der Waals surface area contributed by atoms with E-state index in [1.165, 1.54) is 6.08 Å². The molecule has 0 saturated carbocycles. The predicted molar refractivity (Wildman–Crippen MR) is 159 cm³/mol. The summed E-state index contributed by atoms with van der Waals surface area (Å²) >= 11 is 0. The van der Waals surface area contributed by atoms with Crippen LogP contribution < -0.4 is 16.3 Å². The molecule has 2 N–H and O–H groups in total. The van der Waals surface area contributed by atoms with Gasteiger partial charge in [0.25, 0.3) is 11.8 Å². The first-order valence-corrected chi connectivity index (χ1v) is 13.7. The Morgan fingerprint density at radius 1 is 0.976 bits per heavy atom. The minimum Gasteiger partial charge on any atom is -0.422 e. The third-order valence-electron chi connectivity index (χ3n) is 7.00. The van der Waals surface area contributed by atoms with E-state index >= 15 is 0 Å². The average Bonchev–Trinajstić information content (AvgIpc) is 3.70. The summed E-state index contributed by atoms with van der Waals surface area (Å²) in [6.07, 6.45) is 4.94. The summed E-state index contributed by atoms with van der Waals surface area (Å²) in [6, 6.07) is 26.9. The number of ether oxygens (including phenoxy) is 1. The number of carbonyl (C=O) groups excluding carboxylic acids is 2. The summed E-state index contributed by atoms with van der Waals surface area (Å²) in [5.74, 6) is -0.935. The van der Waals surface area contributed by atoms with E-state index in [1.807, 2.05) is 42.5 Å². The SMILES string of the molecule is O=C(NC[C@@H]1CCCO1)/C(=C/c1cn(-c2ccccc2)nc1-c1cc2ccccc2oc1=O)NC(=O)c1ccccc1. The van der Waals surface area contributed by atoms with Gasteiger partial charge in [-0.15, -0.1) is 0 Å². The molecule has 2 aromatic heterocycles. The standard InChI is InChI=1S/C33H28N4O5/c38-31(22-10-3-1-4-11-22)35-28(32(39)34-20-26-15-9-17-41-26)19-24-21-37(25-13-5-2-6-14-25)36-30(24)27-18-23-12-7-8-16-29(23)42-33(27)40/h1-8,10-14,16,18-19,21,26H,9,15,17,20H2,(H,34,39)(H,35,38)/b28-19-/t26-/m0/s1. The van der Waals surface area contributed by atoms with E-state index in [0.29, 0.717) is 35.6 Å². The number of para-hydroxylation sites is 2. The number of nitrogens with one attached hydrogen (secondary N) is 2. The fraction of sp³-hybridized carbons (Fsp3) is 0.152. The zero-order valence-electron chi connectivity index (χ0n) is 22.7. The summed E-state index contributed by atoms with van der Waals surface area (Å²) < 4.78 is 12.9. The molecule has 1 fully saturated rings. The summed E-state index contributed by atoms with van der Waals surface area (Å²) in [7, 11) is 0. The highest BCUT2D eigenvalue weighted by Crippen LogP contribution is 2.26. The van der Waals surface area contributed by atoms with Gasteiger partial charge in [0.15, 0.2) is 0 Å². The third-order valence-corrected chi connectivity index (χ3v) is 7.00. The van der Waals surface area contributed by atoms with Crippen molar-refractivity contribution in [3.63, 3.8) is 0 Å². The van der Waals surface area contributed by atoms with Crippen molar-refractivity contribution in [3.8, 4) is 16.9 Å². The molecule has 0 aliphatic carbocycles. The number of fused-ring (bicyclic) bond motifs is 1. The molecule has 6 rings (SSSR count). The Labute approximate surface area is 241 Å². The fourth-order valence-corrected chi connectivity index (χ4v) is 4.85. The highest BCUT2D eigenvalue weighted by atomic mass is 16.5. The van der Waals surface area contributed by atoms with Gasteiger partial charge in [0.2, 0.25) is 0 Å². The molecule has 3 aromatic carbocycles. The van der Waals surface area contributed by atoms with Crippen LogP contribution >= 0.6 is 0 Å². The molecule has 1 saturated heterocycles. The molecule has 0 unspecified atom stereocenters. The lowest BCUT2D eigenvalue weighted by Crippen LogP contribution is -2.38. The molecule has 5 aromatic rings. The number of hydrogen-bond acceptors (Lipinski definition) is 6. The first kappa shape index (κ1) is 26.9. The smallest absolute Gasteiger partial charge is 0.345 e. The van der Waals surface area contributed by atoms with Gasteiger partial charge in [-0.05, 0) is 55.3 Å². The quantitative estimate of drug-likeness (QED) is 0.210. The second-order valence-corrected chi connectivity index (χ2v) is 9.92. The van der Waals surface area contributed by atoms with Crippen LogP contribution in [0.25, 0.3) is 34.0 Å². The maximum atomic E-state index is 13.5. The van der Waals surface area contributed by atoms with Crippen LogP contribution in [0, 0.1) is 0 Å². The lowest BCUT2D eigenvalue weighted by Gasteiger charge is -2.14. The van der Waals surface area contributed by atoms with E-state index < -0.39 is 17.4 Å². The minimum atomic E-state index is -0.570. The second-order valence-electron chi connectivity index (χ2n) is 9.92. The van der Waals surface area contributed by atoms with E-state index in [4.69, 9.17) is 14.3 Å². The summed E-state index contributed by atoms with van der Waals surface area (Å²) in [5.41, 5.74) is 2.00. The Hall–Kier alpha value is -5.28. The third kappa shape index (κ3) is 5.91. The number of aromatic nitrogens is 2. The van der Waals surface area contributed by atoms with Crippen molar-refractivity contribution in [2.45, 2.75) is 18.9 Å². The molecule has 9 nitrogen and oxygen atoms in total. The summed E-state index contributed by atoms with van der Waals surface area (Å²) in [6.45, 7) is 0.964. The van der Waals surface area contributed by atoms with Crippen molar-refractivity contribution in [3.05, 3.63) is 124 Å². The van der Waals surface area contributed by atoms with Gasteiger partial charge in [-0.25, -0.2) is 9.48 Å². The topological polar surface area (TPSA) is 115 Å². The van der Waals surface area contributed by atoms with Gasteiger partial charge < -0.3 is 19.8 Å². The first-order valence-electron chi connectivity index (χ1n) is 13.7. The Balaban J connectivity index is 1.45. The molecule has 0 radical (unpaired) electrons. The normalized spacial score (nSPS) is 15.0. The van der Waals surface area contributed by atoms with Crippen molar-refractivity contribution >= 4 is 28.9 Å². The zero-order valence-corrected chi connectivity index (χ0v) is 22.7. The molecule has 9 heteroatoms. The van der Waals surface area contributed by atoms with Crippen molar-refractivity contribution in [2.75, 3.05) is 13.2 Å². The van der Waals surface area contributed by atoms with Gasteiger partial charge in [-0.3, -0.25) is 9.59 Å². The maximum Gasteiger partial charge on any atom is 0.345 e. The monoisotopic (exact) mass is 560 g/mol. The van der Waals surface area contributed by atoms with Crippen molar-refractivity contribution in [2.24, 2.45) is 0 Å². The zero-order chi connectivity index (χ0) is 28.9. The van der Waals surface area contributed by atoms with Crippen molar-refractivity contribution < 1.29 is 18.7 Å². The fourth-order valence-electron chi connectivity index (χ4n) is 4.85. The molecule has 210 valence electrons. The van der Waals surface area contributed by atoms with Crippen LogP contribution in [-0.4, -0.2) is 40.9 Å². The van der Waals surface area contributed by atoms with Gasteiger partial charge >= 0.3 is 5.63 Å². The number of amides is 2. The lowest BCUT2D eigenvalue weighted by atomic mass is 10.1. The van der Waals surface area contributed by atoms with E-state index in [1.54, 1.807) is 59.4 Å². The first-order chi connectivity index (χ1) is 20.5. The minimum absolute atomic E-state index is 0.000823. The molecule has 1 aliphatic rings. The van der Waals surface area contributed by atoms with Crippen LogP contribution in [0.5, 0.6) is 0 Å². The molecule has 1 aliphatic heterocycles. The predicted octanol–water partition coefficient (Wildman–Crippen LogP) is 4.71. The number of nitrogens with zero attached hydrogens (tertiary/aromatic N) is 2. The van der Waals surface area contributed by atoms with Gasteiger partial charge in [-0.2, -0.15) is 5.10 Å². The number of rotatable bonds is 8. The van der Waals surface area contributed by atoms with E-state index in [2.05, 4.69) is 10.6 Å². The van der Waals surface area contributed by atoms with Gasteiger partial charge in [0, 0.05) is 35.9 Å². The Morgan fingerprint density at radius 3 is 2.48 bits per heavy atom. The van der Waals surface area contributed by atoms with Gasteiger partial charge in [-0.1, -0.05) is 54.6 Å². The molecule has 0 spiro atoms. The van der Waals surface area contributed by atoms with E-state index in [-0.39, 0.29) is 17.4 Å². The van der Waals surface area contributed by atoms with Crippen LogP contribution in [0.15, 0.2) is 112 Å². The lowest BCUT2D eigenvalue weighted by molar-refractivity contribution is -0.118. The highest BCUT2D eigenvalue weighted by Gasteiger charge is 2.22. The number of benzene rings is 3. The van der Waals surface area contributed by atoms with Crippen LogP contribution in [0.4, 0.5) is 0 Å². The molecule has 3 heterocycles. The second kappa shape index (κ2) is 12.1. The molecular formula is C33H28N4O5. The van der Waals surface area contributed by atoms with E-state index in [0.717, 1.165) is 23.9 Å². The van der Waals surface area contributed by atoms with Crippen LogP contribution in [0.1, 0.15) is 28.8 Å². The molecule has 0 bridgehead atoms. The Kier molecular flexibility index (Phi) is 7.74. The van der Waals surface area contributed by atoms with Crippen LogP contribution in [-0.2, 0) is 9.53 Å². The van der Waals surface area contributed by atoms with Gasteiger partial charge in [0.05, 0.1) is 17.4 Å².